The third kappa shape index (κ3) is 1.17. The van der Waals surface area contributed by atoms with Gasteiger partial charge >= 0.3 is 5.97 Å². The molecule has 66 valence electrons. The van der Waals surface area contributed by atoms with Crippen molar-refractivity contribution in [2.75, 3.05) is 0 Å². The number of nitrogens with zero attached hydrogens (tertiary/aromatic N) is 2. The molecule has 2 aromatic heterocycles. The number of hydrogen-bond acceptors (Lipinski definition) is 4. The van der Waals surface area contributed by atoms with E-state index in [2.05, 4.69) is 9.97 Å². The molecule has 2 rings (SSSR count). The molecular weight excluding hydrogens is 188 g/mol. The van der Waals surface area contributed by atoms with Gasteiger partial charge in [0.2, 0.25) is 0 Å². The van der Waals surface area contributed by atoms with Gasteiger partial charge in [0.15, 0.2) is 0 Å². The van der Waals surface area contributed by atoms with E-state index in [-0.39, 0.29) is 5.56 Å². The summed E-state index contributed by atoms with van der Waals surface area (Å²) in [5.74, 6) is -0.940. The zero-order chi connectivity index (χ0) is 9.42. The van der Waals surface area contributed by atoms with E-state index >= 15 is 0 Å². The van der Waals surface area contributed by atoms with Gasteiger partial charge in [-0.1, -0.05) is 0 Å². The van der Waals surface area contributed by atoms with Gasteiger partial charge < -0.3 is 5.11 Å². The van der Waals surface area contributed by atoms with Crippen LogP contribution >= 0.6 is 11.3 Å². The molecule has 0 fully saturated rings. The van der Waals surface area contributed by atoms with E-state index in [9.17, 15) is 4.79 Å². The Morgan fingerprint density at radius 3 is 3.00 bits per heavy atom. The zero-order valence-electron chi connectivity index (χ0n) is 6.81. The molecule has 0 aliphatic rings. The lowest BCUT2D eigenvalue weighted by atomic mass is 10.2. The largest absolute Gasteiger partial charge is 0.478 e. The van der Waals surface area contributed by atoms with E-state index in [1.807, 2.05) is 6.92 Å². The number of aromatic carboxylic acids is 1. The number of carboxylic acids is 1. The fourth-order valence-corrected chi connectivity index (χ4v) is 2.07. The van der Waals surface area contributed by atoms with Crippen molar-refractivity contribution in [3.8, 4) is 0 Å². The summed E-state index contributed by atoms with van der Waals surface area (Å²) in [5.41, 5.74) is 1.61. The third-order valence-electron chi connectivity index (χ3n) is 1.76. The second-order valence-corrected chi connectivity index (χ2v) is 3.47. The molecule has 0 radical (unpaired) electrons. The van der Waals surface area contributed by atoms with Crippen molar-refractivity contribution in [3.05, 3.63) is 23.0 Å². The Balaban J connectivity index is 2.83. The van der Waals surface area contributed by atoms with Gasteiger partial charge in [-0.2, -0.15) is 0 Å². The number of aryl methyl sites for hydroxylation is 1. The van der Waals surface area contributed by atoms with Crippen LogP contribution in [0.1, 0.15) is 16.1 Å². The molecule has 0 saturated carbocycles. The summed E-state index contributed by atoms with van der Waals surface area (Å²) in [5, 5.41) is 10.4. The molecule has 4 nitrogen and oxygen atoms in total. The molecular formula is C8H6N2O2S. The molecule has 0 aromatic carbocycles. The first-order valence-electron chi connectivity index (χ1n) is 3.62. The van der Waals surface area contributed by atoms with Crippen molar-refractivity contribution in [2.45, 2.75) is 6.92 Å². The van der Waals surface area contributed by atoms with Gasteiger partial charge in [0.25, 0.3) is 0 Å². The van der Waals surface area contributed by atoms with Crippen LogP contribution in [0.25, 0.3) is 10.2 Å². The highest BCUT2D eigenvalue weighted by Crippen LogP contribution is 2.25. The lowest BCUT2D eigenvalue weighted by Crippen LogP contribution is -1.95. The predicted molar refractivity (Wildman–Crippen MR) is 49.1 cm³/mol. The number of rotatable bonds is 1. The van der Waals surface area contributed by atoms with Gasteiger partial charge in [-0.15, -0.1) is 11.3 Å². The molecule has 13 heavy (non-hydrogen) atoms. The predicted octanol–water partition coefficient (Wildman–Crippen LogP) is 1.70. The Labute approximate surface area is 77.9 Å². The summed E-state index contributed by atoms with van der Waals surface area (Å²) in [4.78, 5) is 18.7. The maximum atomic E-state index is 10.7. The zero-order valence-corrected chi connectivity index (χ0v) is 7.63. The van der Waals surface area contributed by atoms with Crippen LogP contribution in [0.4, 0.5) is 0 Å². The molecule has 0 aliphatic heterocycles. The van der Waals surface area contributed by atoms with E-state index in [4.69, 9.17) is 5.11 Å². The van der Waals surface area contributed by atoms with E-state index in [0.717, 1.165) is 10.4 Å². The Kier molecular flexibility index (Phi) is 1.73. The number of carboxylic acid groups (broad SMARTS) is 1. The van der Waals surface area contributed by atoms with Crippen molar-refractivity contribution in [1.82, 2.24) is 9.97 Å². The van der Waals surface area contributed by atoms with Gasteiger partial charge in [-0.05, 0) is 6.92 Å². The molecule has 0 spiro atoms. The number of thiophene rings is 1. The molecule has 5 heteroatoms. The van der Waals surface area contributed by atoms with Gasteiger partial charge in [0, 0.05) is 5.38 Å². The fraction of sp³-hybridized carbons (Fsp3) is 0.125. The first-order chi connectivity index (χ1) is 6.20. The molecule has 0 saturated heterocycles. The van der Waals surface area contributed by atoms with Crippen molar-refractivity contribution in [3.63, 3.8) is 0 Å². The Hall–Kier alpha value is -1.49. The topological polar surface area (TPSA) is 63.1 Å². The Bertz CT molecular complexity index is 478. The van der Waals surface area contributed by atoms with Crippen LogP contribution < -0.4 is 0 Å². The highest BCUT2D eigenvalue weighted by Gasteiger charge is 2.12. The van der Waals surface area contributed by atoms with Crippen LogP contribution in [0.2, 0.25) is 0 Å². The monoisotopic (exact) mass is 194 g/mol. The molecule has 2 heterocycles. The van der Waals surface area contributed by atoms with E-state index in [1.165, 1.54) is 17.7 Å². The lowest BCUT2D eigenvalue weighted by Gasteiger charge is -1.93. The molecule has 0 aliphatic carbocycles. The average molecular weight is 194 g/mol. The van der Waals surface area contributed by atoms with Crippen LogP contribution in [-0.4, -0.2) is 21.0 Å². The number of carbonyl (C=O) groups is 1. The molecule has 1 N–H and O–H groups in total. The minimum atomic E-state index is -0.940. The van der Waals surface area contributed by atoms with E-state index < -0.39 is 5.97 Å². The maximum absolute atomic E-state index is 10.7. The second kappa shape index (κ2) is 2.77. The van der Waals surface area contributed by atoms with Gasteiger partial charge in [-0.3, -0.25) is 0 Å². The normalized spacial score (nSPS) is 10.5. The SMILES string of the molecule is Cc1ncnc2c(C(=O)O)csc12. The smallest absolute Gasteiger partial charge is 0.338 e. The summed E-state index contributed by atoms with van der Waals surface area (Å²) in [6.07, 6.45) is 1.39. The third-order valence-corrected chi connectivity index (χ3v) is 2.84. The van der Waals surface area contributed by atoms with Crippen LogP contribution in [0, 0.1) is 6.92 Å². The molecule has 0 atom stereocenters. The highest BCUT2D eigenvalue weighted by molar-refractivity contribution is 7.17. The first kappa shape index (κ1) is 8.12. The molecule has 0 unspecified atom stereocenters. The summed E-state index contributed by atoms with van der Waals surface area (Å²) >= 11 is 1.36. The minimum absolute atomic E-state index is 0.255. The van der Waals surface area contributed by atoms with Crippen LogP contribution in [0.3, 0.4) is 0 Å². The number of hydrogen-bond donors (Lipinski definition) is 1. The van der Waals surface area contributed by atoms with Crippen molar-refractivity contribution in [1.29, 1.82) is 0 Å². The fourth-order valence-electron chi connectivity index (χ4n) is 1.12. The Morgan fingerprint density at radius 1 is 1.54 bits per heavy atom. The Morgan fingerprint density at radius 2 is 2.31 bits per heavy atom. The molecule has 2 aromatic rings. The number of fused-ring (bicyclic) bond motifs is 1. The van der Waals surface area contributed by atoms with Crippen LogP contribution in [0.15, 0.2) is 11.7 Å². The number of aromatic nitrogens is 2. The van der Waals surface area contributed by atoms with Gasteiger partial charge in [0.1, 0.15) is 6.33 Å². The van der Waals surface area contributed by atoms with Crippen molar-refractivity contribution in [2.24, 2.45) is 0 Å². The van der Waals surface area contributed by atoms with Gasteiger partial charge in [0.05, 0.1) is 21.5 Å². The van der Waals surface area contributed by atoms with Crippen LogP contribution in [0.5, 0.6) is 0 Å². The lowest BCUT2D eigenvalue weighted by molar-refractivity contribution is 0.0699. The average Bonchev–Trinajstić information content (AvgIpc) is 2.48. The quantitative estimate of drug-likeness (QED) is 0.750. The summed E-state index contributed by atoms with van der Waals surface area (Å²) in [7, 11) is 0. The standard InChI is InChI=1S/C8H6N2O2S/c1-4-7-6(10-3-9-4)5(2-13-7)8(11)12/h2-3H,1H3,(H,11,12). The van der Waals surface area contributed by atoms with Crippen molar-refractivity contribution < 1.29 is 9.90 Å². The summed E-state index contributed by atoms with van der Waals surface area (Å²) < 4.78 is 0.847. The van der Waals surface area contributed by atoms with Crippen molar-refractivity contribution >= 4 is 27.5 Å². The molecule has 0 bridgehead atoms. The summed E-state index contributed by atoms with van der Waals surface area (Å²) in [6, 6.07) is 0. The first-order valence-corrected chi connectivity index (χ1v) is 4.50. The maximum Gasteiger partial charge on any atom is 0.338 e. The van der Waals surface area contributed by atoms with Crippen LogP contribution in [-0.2, 0) is 0 Å². The molecule has 0 amide bonds. The van der Waals surface area contributed by atoms with Gasteiger partial charge in [-0.25, -0.2) is 14.8 Å². The van der Waals surface area contributed by atoms with E-state index in [1.54, 1.807) is 5.38 Å². The van der Waals surface area contributed by atoms with E-state index in [0.29, 0.717) is 5.52 Å². The highest BCUT2D eigenvalue weighted by atomic mass is 32.1. The second-order valence-electron chi connectivity index (χ2n) is 2.59. The minimum Gasteiger partial charge on any atom is -0.478 e. The summed E-state index contributed by atoms with van der Waals surface area (Å²) in [6.45, 7) is 1.84.